The summed E-state index contributed by atoms with van der Waals surface area (Å²) in [5.41, 5.74) is 10.8. The molecule has 0 bridgehead atoms. The van der Waals surface area contributed by atoms with Crippen molar-refractivity contribution in [1.29, 1.82) is 0 Å². The van der Waals surface area contributed by atoms with Crippen LogP contribution in [0.15, 0.2) is 78.4 Å². The lowest BCUT2D eigenvalue weighted by atomic mass is 10.0. The van der Waals surface area contributed by atoms with Crippen LogP contribution in [-0.4, -0.2) is 5.91 Å². The predicted molar refractivity (Wildman–Crippen MR) is 126 cm³/mol. The first-order chi connectivity index (χ1) is 14.4. The molecule has 0 spiro atoms. The fraction of sp³-hybridized carbons (Fsp3) is 0.192. The van der Waals surface area contributed by atoms with E-state index in [2.05, 4.69) is 23.7 Å². The Labute approximate surface area is 183 Å². The number of rotatable bonds is 6. The largest absolute Gasteiger partial charge is 0.321 e. The van der Waals surface area contributed by atoms with E-state index in [0.717, 1.165) is 41.5 Å². The van der Waals surface area contributed by atoms with Crippen molar-refractivity contribution in [2.45, 2.75) is 31.7 Å². The molecular weight excluding hydrogens is 392 g/mol. The van der Waals surface area contributed by atoms with Gasteiger partial charge in [-0.2, -0.15) is 0 Å². The standard InChI is InChI=1S/C26H25ClN2O/c1-3-4-21(9-5-19(2)27)22-10-14-24(15-11-22)29-25(30)16-8-20-6-12-23(13-7-20)26(28)17-18-26/h3,5-7,9-15H,1,4,17-18,28H2,2H3,(H,29,30)/b19-5+,21-9+. The zero-order valence-electron chi connectivity index (χ0n) is 17.0. The van der Waals surface area contributed by atoms with E-state index < -0.39 is 0 Å². The van der Waals surface area contributed by atoms with Crippen molar-refractivity contribution in [1.82, 2.24) is 0 Å². The molecule has 1 aliphatic rings. The SMILES string of the molecule is C=CC/C(=C\C=C(/C)Cl)c1ccc(NC(=O)C#Cc2ccc(C3(N)CC3)cc2)cc1. The molecule has 0 radical (unpaired) electrons. The average molecular weight is 417 g/mol. The number of nitrogens with two attached hydrogens (primary N) is 1. The van der Waals surface area contributed by atoms with Crippen molar-refractivity contribution < 1.29 is 4.79 Å². The molecule has 0 aromatic heterocycles. The van der Waals surface area contributed by atoms with Crippen LogP contribution in [0.1, 0.15) is 42.9 Å². The Balaban J connectivity index is 1.63. The van der Waals surface area contributed by atoms with Gasteiger partial charge in [-0.1, -0.05) is 53.9 Å². The third kappa shape index (κ3) is 5.97. The molecule has 3 nitrogen and oxygen atoms in total. The van der Waals surface area contributed by atoms with Gasteiger partial charge in [0.25, 0.3) is 0 Å². The van der Waals surface area contributed by atoms with Gasteiger partial charge in [-0.05, 0) is 73.2 Å². The van der Waals surface area contributed by atoms with Crippen LogP contribution >= 0.6 is 11.6 Å². The predicted octanol–water partition coefficient (Wildman–Crippen LogP) is 5.73. The van der Waals surface area contributed by atoms with Crippen LogP contribution in [0.25, 0.3) is 5.57 Å². The molecule has 2 aromatic rings. The van der Waals surface area contributed by atoms with Gasteiger partial charge in [0.05, 0.1) is 0 Å². The first-order valence-electron chi connectivity index (χ1n) is 9.86. The van der Waals surface area contributed by atoms with Crippen molar-refractivity contribution in [3.63, 3.8) is 0 Å². The van der Waals surface area contributed by atoms with E-state index in [1.165, 1.54) is 0 Å². The molecule has 152 valence electrons. The van der Waals surface area contributed by atoms with Gasteiger partial charge in [0.15, 0.2) is 0 Å². The quantitative estimate of drug-likeness (QED) is 0.359. The van der Waals surface area contributed by atoms with Crippen LogP contribution < -0.4 is 11.1 Å². The van der Waals surface area contributed by atoms with Crippen LogP contribution in [0.3, 0.4) is 0 Å². The average Bonchev–Trinajstić information content (AvgIpc) is 3.49. The van der Waals surface area contributed by atoms with Gasteiger partial charge in [-0.15, -0.1) is 6.58 Å². The maximum absolute atomic E-state index is 12.2. The van der Waals surface area contributed by atoms with Crippen LogP contribution in [0.2, 0.25) is 0 Å². The summed E-state index contributed by atoms with van der Waals surface area (Å²) in [7, 11) is 0. The molecule has 0 saturated heterocycles. The number of amides is 1. The lowest BCUT2D eigenvalue weighted by Gasteiger charge is -2.08. The summed E-state index contributed by atoms with van der Waals surface area (Å²) in [5, 5.41) is 3.51. The Bertz CT molecular complexity index is 1040. The van der Waals surface area contributed by atoms with E-state index in [1.54, 1.807) is 0 Å². The minimum atomic E-state index is -0.355. The summed E-state index contributed by atoms with van der Waals surface area (Å²) < 4.78 is 0. The van der Waals surface area contributed by atoms with Gasteiger partial charge in [-0.25, -0.2) is 0 Å². The Kier molecular flexibility index (Phi) is 6.95. The van der Waals surface area contributed by atoms with Crippen LogP contribution in [0, 0.1) is 11.8 Å². The monoisotopic (exact) mass is 416 g/mol. The number of anilines is 1. The molecule has 0 heterocycles. The number of benzene rings is 2. The van der Waals surface area contributed by atoms with Crippen molar-refractivity contribution in [3.05, 3.63) is 95.1 Å². The fourth-order valence-corrected chi connectivity index (χ4v) is 3.08. The molecule has 3 rings (SSSR count). The number of allylic oxidation sites excluding steroid dienone is 5. The van der Waals surface area contributed by atoms with E-state index in [1.807, 2.05) is 73.7 Å². The Morgan fingerprint density at radius 2 is 1.83 bits per heavy atom. The molecule has 1 fully saturated rings. The number of hydrogen-bond acceptors (Lipinski definition) is 2. The summed E-state index contributed by atoms with van der Waals surface area (Å²) in [6.07, 6.45) is 8.45. The van der Waals surface area contributed by atoms with Crippen LogP contribution in [0.5, 0.6) is 0 Å². The highest BCUT2D eigenvalue weighted by atomic mass is 35.5. The van der Waals surface area contributed by atoms with E-state index in [0.29, 0.717) is 10.7 Å². The van der Waals surface area contributed by atoms with Crippen molar-refractivity contribution >= 4 is 28.8 Å². The molecule has 1 saturated carbocycles. The van der Waals surface area contributed by atoms with Crippen molar-refractivity contribution in [2.75, 3.05) is 5.32 Å². The number of hydrogen-bond donors (Lipinski definition) is 2. The summed E-state index contributed by atoms with van der Waals surface area (Å²) in [6.45, 7) is 5.64. The second-order valence-electron chi connectivity index (χ2n) is 7.45. The smallest absolute Gasteiger partial charge is 0.300 e. The van der Waals surface area contributed by atoms with Gasteiger partial charge >= 0.3 is 5.91 Å². The van der Waals surface area contributed by atoms with E-state index in [4.69, 9.17) is 17.3 Å². The van der Waals surface area contributed by atoms with Gasteiger partial charge in [-0.3, -0.25) is 4.79 Å². The van der Waals surface area contributed by atoms with E-state index in [-0.39, 0.29) is 11.4 Å². The first-order valence-corrected chi connectivity index (χ1v) is 10.2. The lowest BCUT2D eigenvalue weighted by molar-refractivity contribution is -0.111. The number of halogens is 1. The Morgan fingerprint density at radius 3 is 2.40 bits per heavy atom. The normalized spacial score (nSPS) is 15.0. The van der Waals surface area contributed by atoms with Gasteiger partial charge < -0.3 is 11.1 Å². The van der Waals surface area contributed by atoms with Gasteiger partial charge in [0.2, 0.25) is 0 Å². The second kappa shape index (κ2) is 9.63. The van der Waals surface area contributed by atoms with E-state index >= 15 is 0 Å². The topological polar surface area (TPSA) is 55.1 Å². The highest BCUT2D eigenvalue weighted by Crippen LogP contribution is 2.42. The molecule has 2 aromatic carbocycles. The number of carbonyl (C=O) groups is 1. The molecule has 0 unspecified atom stereocenters. The molecule has 0 atom stereocenters. The van der Waals surface area contributed by atoms with Gasteiger partial charge in [0.1, 0.15) is 0 Å². The van der Waals surface area contributed by atoms with Crippen LogP contribution in [-0.2, 0) is 10.3 Å². The number of nitrogens with one attached hydrogen (secondary N) is 1. The fourth-order valence-electron chi connectivity index (χ4n) is 3.02. The van der Waals surface area contributed by atoms with Gasteiger partial charge in [0, 0.05) is 27.7 Å². The maximum Gasteiger partial charge on any atom is 0.300 e. The minimum Gasteiger partial charge on any atom is -0.321 e. The molecule has 1 aliphatic carbocycles. The zero-order valence-corrected chi connectivity index (χ0v) is 17.8. The summed E-state index contributed by atoms with van der Waals surface area (Å²) >= 11 is 5.92. The first kappa shape index (κ1) is 21.6. The second-order valence-corrected chi connectivity index (χ2v) is 8.05. The maximum atomic E-state index is 12.2. The minimum absolute atomic E-state index is 0.157. The molecule has 0 aliphatic heterocycles. The molecule has 1 amide bonds. The highest BCUT2D eigenvalue weighted by Gasteiger charge is 2.39. The summed E-state index contributed by atoms with van der Waals surface area (Å²) in [5.74, 6) is 5.17. The lowest BCUT2D eigenvalue weighted by Crippen LogP contribution is -2.18. The third-order valence-electron chi connectivity index (χ3n) is 4.96. The molecular formula is C26H25ClN2O. The zero-order chi connectivity index (χ0) is 21.6. The van der Waals surface area contributed by atoms with Crippen molar-refractivity contribution in [3.8, 4) is 11.8 Å². The van der Waals surface area contributed by atoms with E-state index in [9.17, 15) is 4.79 Å². The number of carbonyl (C=O) groups excluding carboxylic acids is 1. The molecule has 4 heteroatoms. The van der Waals surface area contributed by atoms with Crippen molar-refractivity contribution in [2.24, 2.45) is 5.73 Å². The summed E-state index contributed by atoms with van der Waals surface area (Å²) in [4.78, 5) is 12.2. The molecule has 30 heavy (non-hydrogen) atoms. The molecule has 3 N–H and O–H groups in total. The van der Waals surface area contributed by atoms with Crippen LogP contribution in [0.4, 0.5) is 5.69 Å². The Hall–Kier alpha value is -3.06. The summed E-state index contributed by atoms with van der Waals surface area (Å²) in [6, 6.07) is 15.4. The highest BCUT2D eigenvalue weighted by molar-refractivity contribution is 6.29. The Morgan fingerprint density at radius 1 is 1.17 bits per heavy atom. The third-order valence-corrected chi connectivity index (χ3v) is 5.09.